The SMILES string of the molecule is Cc1ccc(F)c(C(Cl)c2ccc3c(c2)C(=O)NCC3)c1. The number of alkyl halides is 1. The Balaban J connectivity index is 2.02. The number of halogens is 2. The molecule has 1 heterocycles. The first-order valence-electron chi connectivity index (χ1n) is 6.87. The van der Waals surface area contributed by atoms with Crippen LogP contribution in [0.15, 0.2) is 36.4 Å². The lowest BCUT2D eigenvalue weighted by Gasteiger charge is -2.19. The van der Waals surface area contributed by atoms with E-state index in [9.17, 15) is 9.18 Å². The molecular formula is C17H15ClFNO. The second-order valence-corrected chi connectivity index (χ2v) is 5.75. The average molecular weight is 304 g/mol. The molecule has 0 saturated heterocycles. The van der Waals surface area contributed by atoms with Gasteiger partial charge in [-0.25, -0.2) is 4.39 Å². The molecule has 0 saturated carbocycles. The fraction of sp³-hybridized carbons (Fsp3) is 0.235. The van der Waals surface area contributed by atoms with Crippen molar-refractivity contribution in [1.29, 1.82) is 0 Å². The summed E-state index contributed by atoms with van der Waals surface area (Å²) in [6, 6.07) is 10.4. The zero-order chi connectivity index (χ0) is 15.0. The van der Waals surface area contributed by atoms with Crippen molar-refractivity contribution in [2.24, 2.45) is 0 Å². The van der Waals surface area contributed by atoms with Crippen LogP contribution in [0.1, 0.15) is 38.0 Å². The number of aryl methyl sites for hydroxylation is 1. The summed E-state index contributed by atoms with van der Waals surface area (Å²) in [4.78, 5) is 11.9. The predicted octanol–water partition coefficient (Wildman–Crippen LogP) is 3.75. The summed E-state index contributed by atoms with van der Waals surface area (Å²) in [6.07, 6.45) is 0.813. The topological polar surface area (TPSA) is 29.1 Å². The first kappa shape index (κ1) is 14.1. The zero-order valence-electron chi connectivity index (χ0n) is 11.6. The molecule has 21 heavy (non-hydrogen) atoms. The van der Waals surface area contributed by atoms with Crippen LogP contribution in [0, 0.1) is 12.7 Å². The molecular weight excluding hydrogens is 289 g/mol. The van der Waals surface area contributed by atoms with Crippen LogP contribution in [-0.4, -0.2) is 12.5 Å². The third kappa shape index (κ3) is 2.66. The van der Waals surface area contributed by atoms with Crippen molar-refractivity contribution in [3.63, 3.8) is 0 Å². The molecule has 0 fully saturated rings. The second-order valence-electron chi connectivity index (χ2n) is 5.31. The molecule has 3 rings (SSSR count). The molecule has 1 aliphatic rings. The molecule has 0 aliphatic carbocycles. The number of benzene rings is 2. The van der Waals surface area contributed by atoms with Crippen LogP contribution in [0.5, 0.6) is 0 Å². The van der Waals surface area contributed by atoms with Crippen LogP contribution in [-0.2, 0) is 6.42 Å². The number of hydrogen-bond donors (Lipinski definition) is 1. The van der Waals surface area contributed by atoms with E-state index in [1.165, 1.54) is 6.07 Å². The van der Waals surface area contributed by atoms with Gasteiger partial charge in [0.1, 0.15) is 5.82 Å². The molecule has 1 aliphatic heterocycles. The van der Waals surface area contributed by atoms with Gasteiger partial charge in [0.15, 0.2) is 0 Å². The number of nitrogens with one attached hydrogen (secondary N) is 1. The van der Waals surface area contributed by atoms with Gasteiger partial charge in [-0.3, -0.25) is 4.79 Å². The lowest BCUT2D eigenvalue weighted by atomic mass is 9.94. The minimum absolute atomic E-state index is 0.0910. The Labute approximate surface area is 127 Å². The molecule has 0 radical (unpaired) electrons. The molecule has 0 bridgehead atoms. The van der Waals surface area contributed by atoms with Crippen molar-refractivity contribution in [2.45, 2.75) is 18.7 Å². The minimum atomic E-state index is -0.607. The molecule has 0 spiro atoms. The van der Waals surface area contributed by atoms with Gasteiger partial charge in [-0.2, -0.15) is 0 Å². The van der Waals surface area contributed by atoms with Crippen molar-refractivity contribution >= 4 is 17.5 Å². The van der Waals surface area contributed by atoms with Crippen molar-refractivity contribution in [1.82, 2.24) is 5.32 Å². The lowest BCUT2D eigenvalue weighted by molar-refractivity contribution is 0.0946. The molecule has 0 aromatic heterocycles. The normalized spacial score (nSPS) is 15.3. The van der Waals surface area contributed by atoms with Crippen molar-refractivity contribution in [3.05, 3.63) is 70.0 Å². The van der Waals surface area contributed by atoms with E-state index in [4.69, 9.17) is 11.6 Å². The summed E-state index contributed by atoms with van der Waals surface area (Å²) < 4.78 is 14.0. The van der Waals surface area contributed by atoms with Gasteiger partial charge in [0.25, 0.3) is 5.91 Å². The highest BCUT2D eigenvalue weighted by Crippen LogP contribution is 2.32. The van der Waals surface area contributed by atoms with E-state index in [1.807, 2.05) is 19.1 Å². The zero-order valence-corrected chi connectivity index (χ0v) is 12.4. The standard InChI is InChI=1S/C17H15ClFNO/c1-10-2-5-15(19)14(8-10)16(18)12-4-3-11-6-7-20-17(21)13(11)9-12/h2-5,8-9,16H,6-7H2,1H3,(H,20,21). The Morgan fingerprint density at radius 1 is 1.24 bits per heavy atom. The van der Waals surface area contributed by atoms with Gasteiger partial charge < -0.3 is 5.32 Å². The van der Waals surface area contributed by atoms with Gasteiger partial charge in [-0.1, -0.05) is 29.8 Å². The Kier molecular flexibility index (Phi) is 3.68. The minimum Gasteiger partial charge on any atom is -0.352 e. The van der Waals surface area contributed by atoms with Gasteiger partial charge in [-0.15, -0.1) is 11.6 Å². The number of amides is 1. The summed E-state index contributed by atoms with van der Waals surface area (Å²) in [5, 5.41) is 2.20. The fourth-order valence-electron chi connectivity index (χ4n) is 2.62. The fourth-order valence-corrected chi connectivity index (χ4v) is 2.93. The van der Waals surface area contributed by atoms with Crippen molar-refractivity contribution in [3.8, 4) is 0 Å². The number of carbonyl (C=O) groups excluding carboxylic acids is 1. The second kappa shape index (κ2) is 5.49. The monoisotopic (exact) mass is 303 g/mol. The van der Waals surface area contributed by atoms with Gasteiger partial charge >= 0.3 is 0 Å². The van der Waals surface area contributed by atoms with Crippen LogP contribution in [0.25, 0.3) is 0 Å². The lowest BCUT2D eigenvalue weighted by Crippen LogP contribution is -2.31. The molecule has 1 amide bonds. The number of hydrogen-bond acceptors (Lipinski definition) is 1. The van der Waals surface area contributed by atoms with Crippen molar-refractivity contribution in [2.75, 3.05) is 6.54 Å². The molecule has 1 N–H and O–H groups in total. The van der Waals surface area contributed by atoms with Gasteiger partial charge in [0, 0.05) is 17.7 Å². The molecule has 1 atom stereocenters. The summed E-state index contributed by atoms with van der Waals surface area (Å²) in [5.74, 6) is -0.422. The summed E-state index contributed by atoms with van der Waals surface area (Å²) in [5.41, 5.74) is 3.77. The highest BCUT2D eigenvalue weighted by atomic mass is 35.5. The van der Waals surface area contributed by atoms with Crippen LogP contribution in [0.2, 0.25) is 0 Å². The molecule has 2 nitrogen and oxygen atoms in total. The van der Waals surface area contributed by atoms with Crippen LogP contribution >= 0.6 is 11.6 Å². The molecule has 108 valence electrons. The Hall–Kier alpha value is -1.87. The average Bonchev–Trinajstić information content (AvgIpc) is 2.49. The number of rotatable bonds is 2. The van der Waals surface area contributed by atoms with E-state index in [2.05, 4.69) is 5.32 Å². The first-order valence-corrected chi connectivity index (χ1v) is 7.31. The van der Waals surface area contributed by atoms with E-state index < -0.39 is 5.38 Å². The van der Waals surface area contributed by atoms with Crippen LogP contribution < -0.4 is 5.32 Å². The Morgan fingerprint density at radius 2 is 2.05 bits per heavy atom. The molecule has 2 aromatic rings. The van der Waals surface area contributed by atoms with Crippen molar-refractivity contribution < 1.29 is 9.18 Å². The van der Waals surface area contributed by atoms with Gasteiger partial charge in [0.2, 0.25) is 0 Å². The van der Waals surface area contributed by atoms with E-state index in [-0.39, 0.29) is 11.7 Å². The van der Waals surface area contributed by atoms with E-state index in [0.717, 1.165) is 23.1 Å². The summed E-state index contributed by atoms with van der Waals surface area (Å²) >= 11 is 6.43. The van der Waals surface area contributed by atoms with E-state index >= 15 is 0 Å². The third-order valence-electron chi connectivity index (χ3n) is 3.78. The van der Waals surface area contributed by atoms with E-state index in [0.29, 0.717) is 17.7 Å². The maximum Gasteiger partial charge on any atom is 0.251 e. The Bertz CT molecular complexity index is 714. The molecule has 1 unspecified atom stereocenters. The third-order valence-corrected chi connectivity index (χ3v) is 4.26. The summed E-state index contributed by atoms with van der Waals surface area (Å²) in [7, 11) is 0. The predicted molar refractivity (Wildman–Crippen MR) is 81.3 cm³/mol. The van der Waals surface area contributed by atoms with E-state index in [1.54, 1.807) is 18.2 Å². The largest absolute Gasteiger partial charge is 0.352 e. The van der Waals surface area contributed by atoms with Gasteiger partial charge in [0.05, 0.1) is 5.38 Å². The highest BCUT2D eigenvalue weighted by molar-refractivity contribution is 6.22. The smallest absolute Gasteiger partial charge is 0.251 e. The number of fused-ring (bicyclic) bond motifs is 1. The number of carbonyl (C=O) groups is 1. The first-order chi connectivity index (χ1) is 10.1. The highest BCUT2D eigenvalue weighted by Gasteiger charge is 2.21. The maximum atomic E-state index is 14.0. The maximum absolute atomic E-state index is 14.0. The Morgan fingerprint density at radius 3 is 2.86 bits per heavy atom. The van der Waals surface area contributed by atoms with Crippen LogP contribution in [0.3, 0.4) is 0 Å². The molecule has 4 heteroatoms. The van der Waals surface area contributed by atoms with Gasteiger partial charge in [-0.05, 0) is 36.6 Å². The van der Waals surface area contributed by atoms with Crippen LogP contribution in [0.4, 0.5) is 4.39 Å². The summed E-state index contributed by atoms with van der Waals surface area (Å²) in [6.45, 7) is 2.55. The quantitative estimate of drug-likeness (QED) is 0.841. The molecule has 2 aromatic carbocycles.